The predicted octanol–water partition coefficient (Wildman–Crippen LogP) is 3.38. The lowest BCUT2D eigenvalue weighted by molar-refractivity contribution is -0.232. The topological polar surface area (TPSA) is 105 Å². The number of ether oxygens (including phenoxy) is 3. The minimum absolute atomic E-state index is 0.157. The molecule has 7 nitrogen and oxygen atoms in total. The summed E-state index contributed by atoms with van der Waals surface area (Å²) in [5, 5.41) is 34.6. The van der Waals surface area contributed by atoms with Gasteiger partial charge >= 0.3 is 6.16 Å². The number of hydrogen-bond acceptors (Lipinski definition) is 8. The molecule has 1 fully saturated rings. The van der Waals surface area contributed by atoms with Crippen molar-refractivity contribution < 1.29 is 34.3 Å². The van der Waals surface area contributed by atoms with E-state index in [2.05, 4.69) is 17.5 Å². The molecule has 1 aliphatic rings. The highest BCUT2D eigenvalue weighted by Gasteiger charge is 2.44. The molecule has 1 aliphatic heterocycles. The number of aliphatic hydroxyl groups excluding tert-OH is 3. The van der Waals surface area contributed by atoms with Crippen LogP contribution in [0.5, 0.6) is 0 Å². The molecule has 0 spiro atoms. The molecule has 0 saturated carbocycles. The first-order valence-corrected chi connectivity index (χ1v) is 11.9. The normalized spacial score (nSPS) is 25.2. The lowest BCUT2D eigenvalue weighted by atomic mass is 9.90. The van der Waals surface area contributed by atoms with Crippen LogP contribution < -0.4 is 0 Å². The highest BCUT2D eigenvalue weighted by Crippen LogP contribution is 2.36. The Balaban J connectivity index is 1.52. The van der Waals surface area contributed by atoms with Crippen LogP contribution in [0.15, 0.2) is 53.9 Å². The second-order valence-corrected chi connectivity index (χ2v) is 8.97. The van der Waals surface area contributed by atoms with Gasteiger partial charge in [0.05, 0.1) is 6.61 Å². The maximum atomic E-state index is 11.5. The molecule has 5 atom stereocenters. The van der Waals surface area contributed by atoms with Gasteiger partial charge in [-0.25, -0.2) is 4.79 Å². The molecule has 8 heteroatoms. The van der Waals surface area contributed by atoms with Crippen molar-refractivity contribution in [1.29, 1.82) is 0 Å². The van der Waals surface area contributed by atoms with Gasteiger partial charge in [-0.15, -0.1) is 11.3 Å². The Morgan fingerprint density at radius 3 is 2.55 bits per heavy atom. The van der Waals surface area contributed by atoms with Crippen LogP contribution in [0, 0.1) is 0 Å². The van der Waals surface area contributed by atoms with Crippen molar-refractivity contribution in [3.63, 3.8) is 0 Å². The quantitative estimate of drug-likeness (QED) is 0.453. The Morgan fingerprint density at radius 1 is 1.00 bits per heavy atom. The maximum absolute atomic E-state index is 11.5. The van der Waals surface area contributed by atoms with Crippen LogP contribution in [0.3, 0.4) is 0 Å². The molecule has 1 aromatic heterocycles. The molecule has 2 heterocycles. The predicted molar refractivity (Wildman–Crippen MR) is 124 cm³/mol. The van der Waals surface area contributed by atoms with Crippen LogP contribution in [0.25, 0.3) is 10.1 Å². The highest BCUT2D eigenvalue weighted by atomic mass is 32.1. The number of carbonyl (C=O) groups excluding carboxylic acids is 1. The molecule has 0 aliphatic carbocycles. The number of rotatable bonds is 7. The third-order valence-electron chi connectivity index (χ3n) is 5.87. The molecule has 0 bridgehead atoms. The second kappa shape index (κ2) is 10.6. The van der Waals surface area contributed by atoms with E-state index in [1.54, 1.807) is 18.3 Å². The number of hydrogen-bond donors (Lipinski definition) is 3. The summed E-state index contributed by atoms with van der Waals surface area (Å²) in [5.41, 5.74) is 3.15. The van der Waals surface area contributed by atoms with Gasteiger partial charge in [-0.05, 0) is 59.4 Å². The summed E-state index contributed by atoms with van der Waals surface area (Å²) in [5.74, 6) is 0. The summed E-state index contributed by atoms with van der Waals surface area (Å²) < 4.78 is 16.7. The first kappa shape index (κ1) is 23.7. The van der Waals surface area contributed by atoms with E-state index in [1.165, 1.54) is 11.1 Å². The van der Waals surface area contributed by atoms with Gasteiger partial charge in [-0.1, -0.05) is 36.4 Å². The molecular weight excluding hydrogens is 444 g/mol. The van der Waals surface area contributed by atoms with Crippen molar-refractivity contribution in [3.8, 4) is 0 Å². The molecule has 0 radical (unpaired) electrons. The van der Waals surface area contributed by atoms with E-state index >= 15 is 0 Å². The smallest absolute Gasteiger partial charge is 0.435 e. The van der Waals surface area contributed by atoms with Crippen LogP contribution in [-0.4, -0.2) is 59.1 Å². The molecule has 3 N–H and O–H groups in total. The maximum Gasteiger partial charge on any atom is 0.508 e. The summed E-state index contributed by atoms with van der Waals surface area (Å²) in [7, 11) is 0. The average Bonchev–Trinajstić information content (AvgIpc) is 3.24. The molecule has 1 saturated heterocycles. The molecule has 2 aromatic carbocycles. The zero-order valence-corrected chi connectivity index (χ0v) is 19.1. The van der Waals surface area contributed by atoms with Crippen molar-refractivity contribution >= 4 is 27.6 Å². The van der Waals surface area contributed by atoms with E-state index < -0.39 is 36.7 Å². The fourth-order valence-electron chi connectivity index (χ4n) is 4.07. The third-order valence-corrected chi connectivity index (χ3v) is 6.88. The first-order valence-electron chi connectivity index (χ1n) is 11.0. The van der Waals surface area contributed by atoms with Gasteiger partial charge in [0.2, 0.25) is 0 Å². The molecule has 3 aromatic rings. The number of thiophene rings is 1. The summed E-state index contributed by atoms with van der Waals surface area (Å²) in [6.07, 6.45) is -5.17. The summed E-state index contributed by atoms with van der Waals surface area (Å²) in [6.45, 7) is 1.51. The van der Waals surface area contributed by atoms with Crippen LogP contribution >= 0.6 is 11.3 Å². The van der Waals surface area contributed by atoms with Crippen molar-refractivity contribution in [2.45, 2.75) is 50.3 Å². The second-order valence-electron chi connectivity index (χ2n) is 8.06. The summed E-state index contributed by atoms with van der Waals surface area (Å²) in [4.78, 5) is 11.5. The molecule has 0 amide bonds. The standard InChI is InChI=1S/C25H28O7S/c1-2-30-25(29)31-13-19-21(26)22(27)23(28)24(32-19)16-10-11-20-18(12-16)17(14-33-20)9-8-15-6-4-3-5-7-15/h3-7,10-12,14,19,21-24,26-28H,2,8-9,13H2,1H3/t19-,21-,22+,23-,24+/m1/s1. The minimum atomic E-state index is -1.45. The lowest BCUT2D eigenvalue weighted by Gasteiger charge is -2.40. The summed E-state index contributed by atoms with van der Waals surface area (Å²) in [6, 6.07) is 16.1. The molecule has 0 unspecified atom stereocenters. The number of benzene rings is 2. The number of aliphatic hydroxyl groups is 3. The fourth-order valence-corrected chi connectivity index (χ4v) is 5.04. The van der Waals surface area contributed by atoms with E-state index in [-0.39, 0.29) is 13.2 Å². The van der Waals surface area contributed by atoms with Crippen molar-refractivity contribution in [2.75, 3.05) is 13.2 Å². The zero-order valence-electron chi connectivity index (χ0n) is 18.3. The Labute approximate surface area is 196 Å². The number of fused-ring (bicyclic) bond motifs is 1. The zero-order chi connectivity index (χ0) is 23.4. The average molecular weight is 473 g/mol. The van der Waals surface area contributed by atoms with Crippen molar-refractivity contribution in [3.05, 3.63) is 70.6 Å². The Bertz CT molecular complexity index is 1070. The molecular formula is C25H28O7S. The van der Waals surface area contributed by atoms with Gasteiger partial charge in [-0.3, -0.25) is 0 Å². The van der Waals surface area contributed by atoms with E-state index in [0.29, 0.717) is 5.56 Å². The number of aryl methyl sites for hydroxylation is 2. The first-order chi connectivity index (χ1) is 16.0. The van der Waals surface area contributed by atoms with Gasteiger partial charge in [0, 0.05) is 4.70 Å². The van der Waals surface area contributed by atoms with E-state index in [1.807, 2.05) is 36.4 Å². The Hall–Kier alpha value is -2.49. The van der Waals surface area contributed by atoms with Crippen LogP contribution in [0.1, 0.15) is 29.7 Å². The largest absolute Gasteiger partial charge is 0.508 e. The van der Waals surface area contributed by atoms with E-state index in [0.717, 1.165) is 22.9 Å². The number of carbonyl (C=O) groups is 1. The van der Waals surface area contributed by atoms with Gasteiger partial charge in [0.15, 0.2) is 0 Å². The van der Waals surface area contributed by atoms with Crippen LogP contribution in [0.2, 0.25) is 0 Å². The SMILES string of the molecule is CCOC(=O)OC[C@H]1O[C@@H](c2ccc3scc(CCc4ccccc4)c3c2)[C@H](O)[C@@H](O)[C@@H]1O. The lowest BCUT2D eigenvalue weighted by Crippen LogP contribution is -2.55. The molecule has 33 heavy (non-hydrogen) atoms. The van der Waals surface area contributed by atoms with Crippen LogP contribution in [0.4, 0.5) is 4.79 Å². The molecule has 176 valence electrons. The highest BCUT2D eigenvalue weighted by molar-refractivity contribution is 7.17. The van der Waals surface area contributed by atoms with Gasteiger partial charge in [0.1, 0.15) is 37.1 Å². The molecule has 4 rings (SSSR count). The van der Waals surface area contributed by atoms with Gasteiger partial charge < -0.3 is 29.5 Å². The summed E-state index contributed by atoms with van der Waals surface area (Å²) >= 11 is 1.66. The minimum Gasteiger partial charge on any atom is -0.435 e. The third kappa shape index (κ3) is 5.37. The van der Waals surface area contributed by atoms with Gasteiger partial charge in [0.25, 0.3) is 0 Å². The Kier molecular flexibility index (Phi) is 7.62. The monoisotopic (exact) mass is 472 g/mol. The van der Waals surface area contributed by atoms with Crippen molar-refractivity contribution in [1.82, 2.24) is 0 Å². The van der Waals surface area contributed by atoms with Crippen molar-refractivity contribution in [2.24, 2.45) is 0 Å². The van der Waals surface area contributed by atoms with Gasteiger partial charge in [-0.2, -0.15) is 0 Å². The fraction of sp³-hybridized carbons (Fsp3) is 0.400. The van der Waals surface area contributed by atoms with Crippen LogP contribution in [-0.2, 0) is 27.1 Å². The Morgan fingerprint density at radius 2 is 1.79 bits per heavy atom. The van der Waals surface area contributed by atoms with E-state index in [9.17, 15) is 20.1 Å². The van der Waals surface area contributed by atoms with E-state index in [4.69, 9.17) is 14.2 Å².